The summed E-state index contributed by atoms with van der Waals surface area (Å²) in [6.45, 7) is 5.44. The van der Waals surface area contributed by atoms with Crippen molar-refractivity contribution in [2.75, 3.05) is 0 Å². The van der Waals surface area contributed by atoms with E-state index in [1.165, 1.54) is 5.56 Å². The van der Waals surface area contributed by atoms with Gasteiger partial charge in [0, 0.05) is 18.7 Å². The molecule has 2 rings (SSSR count). The number of rotatable bonds is 6. The van der Waals surface area contributed by atoms with Crippen LogP contribution in [0.1, 0.15) is 25.0 Å². The smallest absolute Gasteiger partial charge is 0.120 e. The second-order valence-corrected chi connectivity index (χ2v) is 5.04. The number of aromatic hydroxyl groups is 1. The number of phenols is 1. The van der Waals surface area contributed by atoms with Crippen LogP contribution in [0.3, 0.4) is 0 Å². The summed E-state index contributed by atoms with van der Waals surface area (Å²) in [5, 5.41) is 13.0. The van der Waals surface area contributed by atoms with Gasteiger partial charge in [-0.2, -0.15) is 0 Å². The van der Waals surface area contributed by atoms with E-state index in [9.17, 15) is 5.11 Å². The Morgan fingerprint density at radius 3 is 2.35 bits per heavy atom. The summed E-state index contributed by atoms with van der Waals surface area (Å²) in [7, 11) is 0. The van der Waals surface area contributed by atoms with Gasteiger partial charge in [-0.15, -0.1) is 0 Å². The molecular formula is C17H21NO2. The van der Waals surface area contributed by atoms with Crippen molar-refractivity contribution in [3.05, 3.63) is 59.7 Å². The standard InChI is InChI=1S/C17H21NO2/c1-13(2)20-16-9-7-14(8-10-16)11-18-12-15-5-3-4-6-17(15)19/h3-10,13,18-19H,11-12H2,1-2H3. The molecule has 3 nitrogen and oxygen atoms in total. The van der Waals surface area contributed by atoms with Gasteiger partial charge in [-0.05, 0) is 37.6 Å². The SMILES string of the molecule is CC(C)Oc1ccc(CNCc2ccccc2O)cc1. The summed E-state index contributed by atoms with van der Waals surface area (Å²) in [6.07, 6.45) is 0.194. The molecule has 3 heteroatoms. The minimum atomic E-state index is 0.194. The minimum absolute atomic E-state index is 0.194. The summed E-state index contributed by atoms with van der Waals surface area (Å²) in [6, 6.07) is 15.4. The molecule has 0 bridgehead atoms. The Balaban J connectivity index is 1.84. The molecule has 0 fully saturated rings. The number of benzene rings is 2. The van der Waals surface area contributed by atoms with Crippen LogP contribution in [-0.4, -0.2) is 11.2 Å². The summed E-state index contributed by atoms with van der Waals surface area (Å²) >= 11 is 0. The number of para-hydroxylation sites is 1. The largest absolute Gasteiger partial charge is 0.508 e. The van der Waals surface area contributed by atoms with E-state index >= 15 is 0 Å². The van der Waals surface area contributed by atoms with E-state index in [1.807, 2.05) is 44.2 Å². The van der Waals surface area contributed by atoms with Gasteiger partial charge in [0.2, 0.25) is 0 Å². The lowest BCUT2D eigenvalue weighted by Gasteiger charge is -2.10. The molecule has 0 aliphatic rings. The van der Waals surface area contributed by atoms with Crippen molar-refractivity contribution in [3.63, 3.8) is 0 Å². The molecular weight excluding hydrogens is 250 g/mol. The highest BCUT2D eigenvalue weighted by Gasteiger charge is 2.00. The highest BCUT2D eigenvalue weighted by molar-refractivity contribution is 5.32. The third-order valence-corrected chi connectivity index (χ3v) is 2.93. The van der Waals surface area contributed by atoms with E-state index in [0.29, 0.717) is 12.3 Å². The van der Waals surface area contributed by atoms with Crippen molar-refractivity contribution >= 4 is 0 Å². The van der Waals surface area contributed by atoms with Crippen molar-refractivity contribution in [2.24, 2.45) is 0 Å². The lowest BCUT2D eigenvalue weighted by molar-refractivity contribution is 0.242. The lowest BCUT2D eigenvalue weighted by atomic mass is 10.2. The first-order chi connectivity index (χ1) is 9.65. The van der Waals surface area contributed by atoms with Gasteiger partial charge in [0.15, 0.2) is 0 Å². The second kappa shape index (κ2) is 6.96. The third kappa shape index (κ3) is 4.28. The normalized spacial score (nSPS) is 10.8. The molecule has 0 aliphatic carbocycles. The molecule has 2 N–H and O–H groups in total. The maximum atomic E-state index is 9.67. The van der Waals surface area contributed by atoms with Crippen molar-refractivity contribution in [1.29, 1.82) is 0 Å². The molecule has 0 unspecified atom stereocenters. The Hall–Kier alpha value is -2.00. The van der Waals surface area contributed by atoms with Crippen LogP contribution in [-0.2, 0) is 13.1 Å². The maximum Gasteiger partial charge on any atom is 0.120 e. The first kappa shape index (κ1) is 14.4. The average molecular weight is 271 g/mol. The summed E-state index contributed by atoms with van der Waals surface area (Å²) in [5.74, 6) is 1.23. The predicted octanol–water partition coefficient (Wildman–Crippen LogP) is 3.47. The van der Waals surface area contributed by atoms with E-state index < -0.39 is 0 Å². The fourth-order valence-electron chi connectivity index (χ4n) is 1.96. The summed E-state index contributed by atoms with van der Waals surface area (Å²) < 4.78 is 5.61. The van der Waals surface area contributed by atoms with Crippen LogP contribution in [0, 0.1) is 0 Å². The molecule has 106 valence electrons. The molecule has 0 aromatic heterocycles. The van der Waals surface area contributed by atoms with Crippen LogP contribution in [0.4, 0.5) is 0 Å². The highest BCUT2D eigenvalue weighted by atomic mass is 16.5. The Kier molecular flexibility index (Phi) is 5.02. The fourth-order valence-corrected chi connectivity index (χ4v) is 1.96. The monoisotopic (exact) mass is 271 g/mol. The van der Waals surface area contributed by atoms with E-state index in [-0.39, 0.29) is 6.10 Å². The second-order valence-electron chi connectivity index (χ2n) is 5.04. The molecule has 20 heavy (non-hydrogen) atoms. The van der Waals surface area contributed by atoms with E-state index in [0.717, 1.165) is 17.9 Å². The highest BCUT2D eigenvalue weighted by Crippen LogP contribution is 2.16. The zero-order chi connectivity index (χ0) is 14.4. The van der Waals surface area contributed by atoms with Gasteiger partial charge in [-0.25, -0.2) is 0 Å². The first-order valence-electron chi connectivity index (χ1n) is 6.88. The van der Waals surface area contributed by atoms with E-state index in [4.69, 9.17) is 4.74 Å². The third-order valence-electron chi connectivity index (χ3n) is 2.93. The van der Waals surface area contributed by atoms with Gasteiger partial charge in [0.25, 0.3) is 0 Å². The number of nitrogens with one attached hydrogen (secondary N) is 1. The van der Waals surface area contributed by atoms with Crippen LogP contribution in [0.15, 0.2) is 48.5 Å². The Morgan fingerprint density at radius 2 is 1.70 bits per heavy atom. The molecule has 0 atom stereocenters. The molecule has 0 saturated heterocycles. The van der Waals surface area contributed by atoms with E-state index in [1.54, 1.807) is 6.07 Å². The Bertz CT molecular complexity index is 535. The first-order valence-corrected chi connectivity index (χ1v) is 6.88. The Morgan fingerprint density at radius 1 is 1.00 bits per heavy atom. The summed E-state index contributed by atoms with van der Waals surface area (Å²) in [5.41, 5.74) is 2.10. The van der Waals surface area contributed by atoms with Crippen LogP contribution < -0.4 is 10.1 Å². The van der Waals surface area contributed by atoms with Crippen molar-refractivity contribution < 1.29 is 9.84 Å². The molecule has 2 aromatic rings. The van der Waals surface area contributed by atoms with Crippen molar-refractivity contribution in [1.82, 2.24) is 5.32 Å². The van der Waals surface area contributed by atoms with Gasteiger partial charge in [-0.1, -0.05) is 30.3 Å². The zero-order valence-electron chi connectivity index (χ0n) is 12.0. The van der Waals surface area contributed by atoms with Crippen LogP contribution in [0.25, 0.3) is 0 Å². The molecule has 0 amide bonds. The zero-order valence-corrected chi connectivity index (χ0v) is 12.0. The summed E-state index contributed by atoms with van der Waals surface area (Å²) in [4.78, 5) is 0. The molecule has 2 aromatic carbocycles. The molecule has 0 radical (unpaired) electrons. The van der Waals surface area contributed by atoms with Crippen LogP contribution >= 0.6 is 0 Å². The van der Waals surface area contributed by atoms with Gasteiger partial charge in [0.05, 0.1) is 6.10 Å². The molecule has 0 aliphatic heterocycles. The van der Waals surface area contributed by atoms with Crippen molar-refractivity contribution in [3.8, 4) is 11.5 Å². The topological polar surface area (TPSA) is 41.5 Å². The number of hydrogen-bond donors (Lipinski definition) is 2. The van der Waals surface area contributed by atoms with E-state index in [2.05, 4.69) is 17.4 Å². The number of hydrogen-bond acceptors (Lipinski definition) is 3. The van der Waals surface area contributed by atoms with Crippen LogP contribution in [0.5, 0.6) is 11.5 Å². The Labute approximate surface area is 120 Å². The number of phenolic OH excluding ortho intramolecular Hbond substituents is 1. The molecule has 0 saturated carbocycles. The average Bonchev–Trinajstić information content (AvgIpc) is 2.42. The quantitative estimate of drug-likeness (QED) is 0.845. The van der Waals surface area contributed by atoms with Gasteiger partial charge < -0.3 is 15.2 Å². The molecule has 0 heterocycles. The van der Waals surface area contributed by atoms with Gasteiger partial charge in [0.1, 0.15) is 11.5 Å². The number of ether oxygens (including phenoxy) is 1. The predicted molar refractivity (Wildman–Crippen MR) is 80.9 cm³/mol. The fraction of sp³-hybridized carbons (Fsp3) is 0.294. The molecule has 0 spiro atoms. The van der Waals surface area contributed by atoms with Gasteiger partial charge in [-0.3, -0.25) is 0 Å². The van der Waals surface area contributed by atoms with Crippen LogP contribution in [0.2, 0.25) is 0 Å². The minimum Gasteiger partial charge on any atom is -0.508 e. The lowest BCUT2D eigenvalue weighted by Crippen LogP contribution is -2.12. The van der Waals surface area contributed by atoms with Crippen molar-refractivity contribution in [2.45, 2.75) is 33.0 Å². The van der Waals surface area contributed by atoms with Gasteiger partial charge >= 0.3 is 0 Å². The maximum absolute atomic E-state index is 9.67.